The summed E-state index contributed by atoms with van der Waals surface area (Å²) in [6.45, 7) is 1.36. The first-order valence-electron chi connectivity index (χ1n) is 7.30. The van der Waals surface area contributed by atoms with Crippen molar-refractivity contribution in [1.29, 1.82) is 0 Å². The number of pyridine rings is 1. The SMILES string of the molecule is Cc1ccc(NC(=O)c2cc3ccccc3nc2Cl)cc1C(F)(F)F. The molecule has 25 heavy (non-hydrogen) atoms. The van der Waals surface area contributed by atoms with Gasteiger partial charge in [0.05, 0.1) is 16.6 Å². The van der Waals surface area contributed by atoms with Gasteiger partial charge in [-0.3, -0.25) is 4.79 Å². The second kappa shape index (κ2) is 6.37. The highest BCUT2D eigenvalue weighted by Gasteiger charge is 2.32. The number of alkyl halides is 3. The summed E-state index contributed by atoms with van der Waals surface area (Å²) >= 11 is 6.04. The van der Waals surface area contributed by atoms with Gasteiger partial charge in [-0.05, 0) is 36.8 Å². The van der Waals surface area contributed by atoms with Crippen LogP contribution in [0.4, 0.5) is 18.9 Å². The highest BCUT2D eigenvalue weighted by atomic mass is 35.5. The molecule has 3 aromatic rings. The Balaban J connectivity index is 1.94. The van der Waals surface area contributed by atoms with Gasteiger partial charge in [0.1, 0.15) is 5.15 Å². The summed E-state index contributed by atoms with van der Waals surface area (Å²) in [5.41, 5.74) is 0.0318. The zero-order valence-corrected chi connectivity index (χ0v) is 13.7. The average Bonchev–Trinajstić information content (AvgIpc) is 2.54. The number of carbonyl (C=O) groups excluding carboxylic acids is 1. The summed E-state index contributed by atoms with van der Waals surface area (Å²) in [7, 11) is 0. The fourth-order valence-electron chi connectivity index (χ4n) is 2.46. The van der Waals surface area contributed by atoms with E-state index in [1.165, 1.54) is 19.1 Å². The predicted octanol–water partition coefficient (Wildman–Crippen LogP) is 5.47. The van der Waals surface area contributed by atoms with E-state index in [0.29, 0.717) is 10.9 Å². The molecule has 0 aliphatic carbocycles. The fourth-order valence-corrected chi connectivity index (χ4v) is 2.69. The van der Waals surface area contributed by atoms with Crippen LogP contribution < -0.4 is 5.32 Å². The molecule has 0 fully saturated rings. The van der Waals surface area contributed by atoms with Crippen LogP contribution in [0, 0.1) is 6.92 Å². The zero-order chi connectivity index (χ0) is 18.2. The number of nitrogens with one attached hydrogen (secondary N) is 1. The summed E-state index contributed by atoms with van der Waals surface area (Å²) in [5, 5.41) is 3.13. The normalized spacial score (nSPS) is 11.6. The van der Waals surface area contributed by atoms with E-state index in [-0.39, 0.29) is 22.0 Å². The number of amides is 1. The third-order valence-electron chi connectivity index (χ3n) is 3.72. The molecular weight excluding hydrogens is 353 g/mol. The van der Waals surface area contributed by atoms with Crippen LogP contribution in [0.5, 0.6) is 0 Å². The van der Waals surface area contributed by atoms with E-state index in [4.69, 9.17) is 11.6 Å². The molecule has 3 nitrogen and oxygen atoms in total. The second-order valence-electron chi connectivity index (χ2n) is 5.50. The number of nitrogens with zero attached hydrogens (tertiary/aromatic N) is 1. The van der Waals surface area contributed by atoms with Crippen LogP contribution >= 0.6 is 11.6 Å². The lowest BCUT2D eigenvalue weighted by atomic mass is 10.1. The quantitative estimate of drug-likeness (QED) is 0.613. The second-order valence-corrected chi connectivity index (χ2v) is 5.86. The Bertz CT molecular complexity index is 970. The Hall–Kier alpha value is -2.60. The number of fused-ring (bicyclic) bond motifs is 1. The fraction of sp³-hybridized carbons (Fsp3) is 0.111. The number of para-hydroxylation sites is 1. The molecule has 1 aromatic heterocycles. The van der Waals surface area contributed by atoms with Crippen molar-refractivity contribution in [3.05, 3.63) is 70.4 Å². The summed E-state index contributed by atoms with van der Waals surface area (Å²) < 4.78 is 39.0. The number of aromatic nitrogens is 1. The first-order chi connectivity index (χ1) is 11.8. The van der Waals surface area contributed by atoms with Gasteiger partial charge in [-0.2, -0.15) is 13.2 Å². The van der Waals surface area contributed by atoms with E-state index in [0.717, 1.165) is 6.07 Å². The van der Waals surface area contributed by atoms with Gasteiger partial charge in [-0.1, -0.05) is 35.9 Å². The number of anilines is 1. The molecule has 2 aromatic carbocycles. The molecule has 7 heteroatoms. The van der Waals surface area contributed by atoms with E-state index in [1.54, 1.807) is 30.3 Å². The number of carbonyl (C=O) groups is 1. The van der Waals surface area contributed by atoms with Crippen LogP contribution in [0.25, 0.3) is 10.9 Å². The molecule has 0 saturated heterocycles. The molecule has 3 rings (SSSR count). The van der Waals surface area contributed by atoms with Crippen LogP contribution in [-0.2, 0) is 6.18 Å². The van der Waals surface area contributed by atoms with Gasteiger partial charge in [0.2, 0.25) is 0 Å². The Morgan fingerprint density at radius 3 is 2.56 bits per heavy atom. The maximum Gasteiger partial charge on any atom is 0.416 e. The average molecular weight is 365 g/mol. The van der Waals surface area contributed by atoms with Crippen molar-refractivity contribution in [3.8, 4) is 0 Å². The summed E-state index contributed by atoms with van der Waals surface area (Å²) in [5.74, 6) is -0.625. The zero-order valence-electron chi connectivity index (χ0n) is 13.0. The van der Waals surface area contributed by atoms with Gasteiger partial charge >= 0.3 is 6.18 Å². The number of halogens is 4. The van der Waals surface area contributed by atoms with E-state index in [1.807, 2.05) is 0 Å². The van der Waals surface area contributed by atoms with E-state index < -0.39 is 17.6 Å². The van der Waals surface area contributed by atoms with Crippen molar-refractivity contribution in [2.75, 3.05) is 5.32 Å². The lowest BCUT2D eigenvalue weighted by molar-refractivity contribution is -0.138. The van der Waals surface area contributed by atoms with E-state index in [2.05, 4.69) is 10.3 Å². The number of aryl methyl sites for hydroxylation is 1. The van der Waals surface area contributed by atoms with Crippen molar-refractivity contribution in [1.82, 2.24) is 4.98 Å². The highest BCUT2D eigenvalue weighted by molar-refractivity contribution is 6.33. The van der Waals surface area contributed by atoms with Crippen LogP contribution in [0.15, 0.2) is 48.5 Å². The number of hydrogen-bond donors (Lipinski definition) is 1. The van der Waals surface area contributed by atoms with Crippen LogP contribution in [0.3, 0.4) is 0 Å². The molecule has 0 spiro atoms. The molecule has 0 aliphatic heterocycles. The van der Waals surface area contributed by atoms with Crippen molar-refractivity contribution in [2.24, 2.45) is 0 Å². The summed E-state index contributed by atoms with van der Waals surface area (Å²) in [4.78, 5) is 16.5. The lowest BCUT2D eigenvalue weighted by Gasteiger charge is -2.13. The molecule has 1 amide bonds. The van der Waals surface area contributed by atoms with Gasteiger partial charge in [0.15, 0.2) is 0 Å². The molecule has 0 bridgehead atoms. The van der Waals surface area contributed by atoms with E-state index >= 15 is 0 Å². The predicted molar refractivity (Wildman–Crippen MR) is 90.9 cm³/mol. The number of rotatable bonds is 2. The van der Waals surface area contributed by atoms with Gasteiger partial charge in [-0.15, -0.1) is 0 Å². The minimum Gasteiger partial charge on any atom is -0.322 e. The minimum atomic E-state index is -4.49. The maximum atomic E-state index is 13.0. The van der Waals surface area contributed by atoms with Gasteiger partial charge in [0.25, 0.3) is 5.91 Å². The smallest absolute Gasteiger partial charge is 0.322 e. The van der Waals surface area contributed by atoms with Crippen LogP contribution in [0.1, 0.15) is 21.5 Å². The van der Waals surface area contributed by atoms with Crippen molar-refractivity contribution in [3.63, 3.8) is 0 Å². The largest absolute Gasteiger partial charge is 0.416 e. The van der Waals surface area contributed by atoms with Crippen molar-refractivity contribution >= 4 is 34.1 Å². The van der Waals surface area contributed by atoms with Gasteiger partial charge < -0.3 is 5.32 Å². The maximum absolute atomic E-state index is 13.0. The molecule has 0 unspecified atom stereocenters. The first-order valence-corrected chi connectivity index (χ1v) is 7.68. The Labute approximate surface area is 146 Å². The van der Waals surface area contributed by atoms with E-state index in [9.17, 15) is 18.0 Å². The molecular formula is C18H12ClF3N2O. The monoisotopic (exact) mass is 364 g/mol. The van der Waals surface area contributed by atoms with Crippen molar-refractivity contribution < 1.29 is 18.0 Å². The topological polar surface area (TPSA) is 42.0 Å². The molecule has 0 aliphatic rings. The highest BCUT2D eigenvalue weighted by Crippen LogP contribution is 2.33. The molecule has 128 valence electrons. The third kappa shape index (κ3) is 3.58. The molecule has 0 radical (unpaired) electrons. The van der Waals surface area contributed by atoms with Crippen molar-refractivity contribution in [2.45, 2.75) is 13.1 Å². The first kappa shape index (κ1) is 17.2. The van der Waals surface area contributed by atoms with Crippen LogP contribution in [0.2, 0.25) is 5.15 Å². The van der Waals surface area contributed by atoms with Crippen LogP contribution in [-0.4, -0.2) is 10.9 Å². The molecule has 0 atom stereocenters. The standard InChI is InChI=1S/C18H12ClF3N2O/c1-10-6-7-12(9-14(10)18(20,21)22)23-17(25)13-8-11-4-2-3-5-15(11)24-16(13)19/h2-9H,1H3,(H,23,25). The molecule has 1 N–H and O–H groups in total. The molecule has 1 heterocycles. The molecule has 0 saturated carbocycles. The Morgan fingerprint density at radius 2 is 1.84 bits per heavy atom. The Morgan fingerprint density at radius 1 is 1.12 bits per heavy atom. The Kier molecular flexibility index (Phi) is 4.39. The summed E-state index contributed by atoms with van der Waals surface area (Å²) in [6, 6.07) is 12.3. The minimum absolute atomic E-state index is 0.0145. The van der Waals surface area contributed by atoms with Gasteiger partial charge in [-0.25, -0.2) is 4.98 Å². The third-order valence-corrected chi connectivity index (χ3v) is 4.01. The lowest BCUT2D eigenvalue weighted by Crippen LogP contribution is -2.15. The number of benzene rings is 2. The number of hydrogen-bond acceptors (Lipinski definition) is 2. The van der Waals surface area contributed by atoms with Gasteiger partial charge in [0, 0.05) is 11.1 Å². The summed E-state index contributed by atoms with van der Waals surface area (Å²) in [6.07, 6.45) is -4.49.